The molecule has 0 radical (unpaired) electrons. The van der Waals surface area contributed by atoms with Gasteiger partial charge < -0.3 is 15.1 Å². The fraction of sp³-hybridized carbons (Fsp3) is 0.467. The molecule has 6 heteroatoms. The third kappa shape index (κ3) is 3.88. The van der Waals surface area contributed by atoms with Crippen LogP contribution in [0.25, 0.3) is 0 Å². The van der Waals surface area contributed by atoms with Crippen LogP contribution in [-0.4, -0.2) is 56.3 Å². The molecule has 1 aliphatic rings. The van der Waals surface area contributed by atoms with Crippen molar-refractivity contribution in [2.24, 2.45) is 5.92 Å². The highest BCUT2D eigenvalue weighted by Gasteiger charge is 2.30. The first-order valence-electron chi connectivity index (χ1n) is 6.90. The Hall–Kier alpha value is -1.75. The molecule has 0 bridgehead atoms. The number of nitrogens with one attached hydrogen (secondary N) is 1. The molecule has 1 fully saturated rings. The monoisotopic (exact) mass is 309 g/mol. The molecular weight excluding hydrogens is 290 g/mol. The van der Waals surface area contributed by atoms with E-state index >= 15 is 0 Å². The van der Waals surface area contributed by atoms with Crippen molar-refractivity contribution in [3.63, 3.8) is 0 Å². The predicted octanol–water partition coefficient (Wildman–Crippen LogP) is 1.18. The van der Waals surface area contributed by atoms with Crippen molar-refractivity contribution < 1.29 is 9.59 Å². The standard InChI is InChI=1S/C15H20ClN3O2/c1-18(2)13-5-3-12(4-6-13)15(21)17-8-11-9-19(10-11)14(20)7-16/h3-6,11H,7-10H2,1-2H3,(H,17,21). The third-order valence-corrected chi connectivity index (χ3v) is 3.85. The molecule has 1 heterocycles. The van der Waals surface area contributed by atoms with Crippen LogP contribution in [0.1, 0.15) is 10.4 Å². The van der Waals surface area contributed by atoms with Gasteiger partial charge in [0.05, 0.1) is 0 Å². The van der Waals surface area contributed by atoms with E-state index in [9.17, 15) is 9.59 Å². The normalized spacial score (nSPS) is 14.5. The van der Waals surface area contributed by atoms with Gasteiger partial charge in [0.15, 0.2) is 0 Å². The summed E-state index contributed by atoms with van der Waals surface area (Å²) in [5.74, 6) is 0.222. The molecule has 0 aromatic heterocycles. The van der Waals surface area contributed by atoms with Crippen LogP contribution in [-0.2, 0) is 4.79 Å². The van der Waals surface area contributed by atoms with Crippen LogP contribution in [0.4, 0.5) is 5.69 Å². The van der Waals surface area contributed by atoms with Gasteiger partial charge in [0, 0.05) is 50.9 Å². The maximum atomic E-state index is 12.0. The zero-order valence-electron chi connectivity index (χ0n) is 12.3. The summed E-state index contributed by atoms with van der Waals surface area (Å²) in [4.78, 5) is 27.0. The van der Waals surface area contributed by atoms with E-state index in [-0.39, 0.29) is 17.7 Å². The summed E-state index contributed by atoms with van der Waals surface area (Å²) in [7, 11) is 3.92. The molecule has 0 spiro atoms. The van der Waals surface area contributed by atoms with Crippen LogP contribution in [0.3, 0.4) is 0 Å². The van der Waals surface area contributed by atoms with E-state index in [1.165, 1.54) is 0 Å². The lowest BCUT2D eigenvalue weighted by atomic mass is 10.00. The van der Waals surface area contributed by atoms with Crippen LogP contribution < -0.4 is 10.2 Å². The Morgan fingerprint density at radius 2 is 1.90 bits per heavy atom. The highest BCUT2D eigenvalue weighted by molar-refractivity contribution is 6.27. The number of hydrogen-bond donors (Lipinski definition) is 1. The Balaban J connectivity index is 1.77. The van der Waals surface area contributed by atoms with Crippen molar-refractivity contribution in [1.82, 2.24) is 10.2 Å². The zero-order chi connectivity index (χ0) is 15.4. The molecule has 0 saturated carbocycles. The van der Waals surface area contributed by atoms with Crippen molar-refractivity contribution in [2.45, 2.75) is 0 Å². The number of carbonyl (C=O) groups is 2. The summed E-state index contributed by atoms with van der Waals surface area (Å²) in [6, 6.07) is 7.46. The van der Waals surface area contributed by atoms with Gasteiger partial charge in [-0.25, -0.2) is 0 Å². The smallest absolute Gasteiger partial charge is 0.251 e. The average molecular weight is 310 g/mol. The maximum Gasteiger partial charge on any atom is 0.251 e. The largest absolute Gasteiger partial charge is 0.378 e. The Labute approximate surface area is 129 Å². The number of hydrogen-bond acceptors (Lipinski definition) is 3. The number of carbonyl (C=O) groups excluding carboxylic acids is 2. The van der Waals surface area contributed by atoms with Crippen LogP contribution in [0.5, 0.6) is 0 Å². The maximum absolute atomic E-state index is 12.0. The van der Waals surface area contributed by atoms with Gasteiger partial charge in [-0.1, -0.05) is 0 Å². The second-order valence-electron chi connectivity index (χ2n) is 5.45. The summed E-state index contributed by atoms with van der Waals surface area (Å²) in [6.07, 6.45) is 0. The summed E-state index contributed by atoms with van der Waals surface area (Å²) in [5.41, 5.74) is 1.70. The van der Waals surface area contributed by atoms with E-state index in [4.69, 9.17) is 11.6 Å². The zero-order valence-corrected chi connectivity index (χ0v) is 13.1. The molecule has 0 aliphatic carbocycles. The summed E-state index contributed by atoms with van der Waals surface area (Å²) in [6.45, 7) is 1.93. The number of nitrogens with zero attached hydrogens (tertiary/aromatic N) is 2. The number of alkyl halides is 1. The summed E-state index contributed by atoms with van der Waals surface area (Å²) >= 11 is 5.49. The molecule has 21 heavy (non-hydrogen) atoms. The first-order chi connectivity index (χ1) is 10.0. The second-order valence-corrected chi connectivity index (χ2v) is 5.72. The van der Waals surface area contributed by atoms with E-state index in [1.54, 1.807) is 4.90 Å². The van der Waals surface area contributed by atoms with Crippen LogP contribution in [0, 0.1) is 5.92 Å². The lowest BCUT2D eigenvalue weighted by molar-refractivity contribution is -0.134. The van der Waals surface area contributed by atoms with E-state index in [0.29, 0.717) is 31.1 Å². The molecule has 0 atom stereocenters. The van der Waals surface area contributed by atoms with Crippen molar-refractivity contribution >= 4 is 29.1 Å². The van der Waals surface area contributed by atoms with Gasteiger partial charge in [-0.15, -0.1) is 11.6 Å². The Kier molecular flexibility index (Phi) is 5.07. The van der Waals surface area contributed by atoms with Gasteiger partial charge in [-0.05, 0) is 24.3 Å². The first-order valence-corrected chi connectivity index (χ1v) is 7.44. The Bertz CT molecular complexity index is 510. The molecule has 2 amide bonds. The quantitative estimate of drug-likeness (QED) is 0.831. The molecule has 1 aromatic rings. The lowest BCUT2D eigenvalue weighted by Gasteiger charge is -2.39. The highest BCUT2D eigenvalue weighted by Crippen LogP contribution is 2.16. The number of rotatable bonds is 5. The van der Waals surface area contributed by atoms with Crippen molar-refractivity contribution in [1.29, 1.82) is 0 Å². The minimum atomic E-state index is -0.0811. The molecule has 0 unspecified atom stereocenters. The molecule has 5 nitrogen and oxygen atoms in total. The van der Waals surface area contributed by atoms with Gasteiger partial charge in [0.25, 0.3) is 5.91 Å². The minimum absolute atomic E-state index is 0.0251. The molecule has 2 rings (SSSR count). The predicted molar refractivity (Wildman–Crippen MR) is 83.9 cm³/mol. The molecule has 1 aromatic carbocycles. The first kappa shape index (κ1) is 15.6. The van der Waals surface area contributed by atoms with Gasteiger partial charge >= 0.3 is 0 Å². The number of amides is 2. The van der Waals surface area contributed by atoms with Crippen LogP contribution in [0.15, 0.2) is 24.3 Å². The van der Waals surface area contributed by atoms with E-state index in [1.807, 2.05) is 43.3 Å². The number of halogens is 1. The van der Waals surface area contributed by atoms with Gasteiger partial charge in [-0.3, -0.25) is 9.59 Å². The molecule has 1 N–H and O–H groups in total. The molecule has 114 valence electrons. The number of anilines is 1. The number of benzene rings is 1. The SMILES string of the molecule is CN(C)c1ccc(C(=O)NCC2CN(C(=O)CCl)C2)cc1. The molecular formula is C15H20ClN3O2. The van der Waals surface area contributed by atoms with Crippen LogP contribution >= 0.6 is 11.6 Å². The van der Waals surface area contributed by atoms with Crippen molar-refractivity contribution in [3.05, 3.63) is 29.8 Å². The lowest BCUT2D eigenvalue weighted by Crippen LogP contribution is -2.54. The Morgan fingerprint density at radius 1 is 1.29 bits per heavy atom. The summed E-state index contributed by atoms with van der Waals surface area (Å²) in [5, 5.41) is 2.90. The average Bonchev–Trinajstić information content (AvgIpc) is 2.45. The summed E-state index contributed by atoms with van der Waals surface area (Å²) < 4.78 is 0. The van der Waals surface area contributed by atoms with Gasteiger partial charge in [0.1, 0.15) is 5.88 Å². The van der Waals surface area contributed by atoms with Crippen LogP contribution in [0.2, 0.25) is 0 Å². The van der Waals surface area contributed by atoms with E-state index in [2.05, 4.69) is 5.32 Å². The topological polar surface area (TPSA) is 52.7 Å². The second kappa shape index (κ2) is 6.80. The fourth-order valence-corrected chi connectivity index (χ4v) is 2.41. The highest BCUT2D eigenvalue weighted by atomic mass is 35.5. The minimum Gasteiger partial charge on any atom is -0.378 e. The molecule has 1 aliphatic heterocycles. The Morgan fingerprint density at radius 3 is 2.43 bits per heavy atom. The van der Waals surface area contributed by atoms with Crippen molar-refractivity contribution in [3.8, 4) is 0 Å². The van der Waals surface area contributed by atoms with Gasteiger partial charge in [0.2, 0.25) is 5.91 Å². The van der Waals surface area contributed by atoms with E-state index < -0.39 is 0 Å². The number of likely N-dealkylation sites (tertiary alicyclic amines) is 1. The third-order valence-electron chi connectivity index (χ3n) is 3.62. The van der Waals surface area contributed by atoms with E-state index in [0.717, 1.165) is 5.69 Å². The fourth-order valence-electron chi connectivity index (χ4n) is 2.24. The van der Waals surface area contributed by atoms with Crippen molar-refractivity contribution in [2.75, 3.05) is 44.5 Å². The van der Waals surface area contributed by atoms with Gasteiger partial charge in [-0.2, -0.15) is 0 Å². The molecule has 1 saturated heterocycles.